The van der Waals surface area contributed by atoms with Gasteiger partial charge in [-0.3, -0.25) is 14.4 Å². The van der Waals surface area contributed by atoms with Gasteiger partial charge in [0.15, 0.2) is 5.69 Å². The SMILES string of the molecule is C=CC(=O)Nc1cccc(S(=O)(=O)N2CCC(NC(=O)c3nscc3NC(=O)c3c(Cl)cccc3Cl)CC2)c1.O=C(O)C(F)(F)F. The number of carbonyl (C=O) groups excluding carboxylic acids is 3. The Morgan fingerprint density at radius 1 is 1.02 bits per heavy atom. The smallest absolute Gasteiger partial charge is 0.475 e. The standard InChI is InChI=1S/C25H23Cl2N5O5S2.C2HF3O2/c1-2-21(33)28-16-5-3-6-17(13-16)39(36,37)32-11-9-15(10-12-32)29-25(35)23-20(14-38-31-23)30-24(34)22-18(26)7-4-8-19(22)27;3-2(4,5)1(6)7/h2-8,13-15H,1,9-12H2,(H,28,33)(H,29,35)(H,30,34);(H,6,7). The van der Waals surface area contributed by atoms with E-state index in [0.717, 1.165) is 17.6 Å². The van der Waals surface area contributed by atoms with Gasteiger partial charge in [0.2, 0.25) is 15.9 Å². The lowest BCUT2D eigenvalue weighted by molar-refractivity contribution is -0.192. The van der Waals surface area contributed by atoms with Crippen LogP contribution < -0.4 is 16.0 Å². The number of sulfonamides is 1. The van der Waals surface area contributed by atoms with E-state index in [4.69, 9.17) is 33.1 Å². The molecule has 12 nitrogen and oxygen atoms in total. The molecule has 1 aliphatic rings. The third-order valence-electron chi connectivity index (χ3n) is 6.18. The Morgan fingerprint density at radius 3 is 2.17 bits per heavy atom. The van der Waals surface area contributed by atoms with Crippen molar-refractivity contribution in [3.8, 4) is 0 Å². The highest BCUT2D eigenvalue weighted by Gasteiger charge is 2.38. The molecule has 46 heavy (non-hydrogen) atoms. The average Bonchev–Trinajstić information content (AvgIpc) is 3.45. The number of anilines is 2. The summed E-state index contributed by atoms with van der Waals surface area (Å²) in [4.78, 5) is 46.2. The number of aromatic nitrogens is 1. The number of nitrogens with one attached hydrogen (secondary N) is 3. The number of halogens is 5. The van der Waals surface area contributed by atoms with E-state index in [1.165, 1.54) is 34.0 Å². The largest absolute Gasteiger partial charge is 0.490 e. The van der Waals surface area contributed by atoms with Crippen LogP contribution >= 0.6 is 34.7 Å². The number of carboxylic acid groups (broad SMARTS) is 1. The molecule has 1 fully saturated rings. The van der Waals surface area contributed by atoms with E-state index in [1.54, 1.807) is 18.2 Å². The third kappa shape index (κ3) is 9.49. The first-order chi connectivity index (χ1) is 21.5. The number of nitrogens with zero attached hydrogens (tertiary/aromatic N) is 2. The van der Waals surface area contributed by atoms with Gasteiger partial charge in [0.05, 0.1) is 26.2 Å². The van der Waals surface area contributed by atoms with Gasteiger partial charge in [0, 0.05) is 30.2 Å². The molecule has 2 aromatic carbocycles. The summed E-state index contributed by atoms with van der Waals surface area (Å²) >= 11 is 13.2. The molecule has 1 aromatic heterocycles. The van der Waals surface area contributed by atoms with E-state index < -0.39 is 39.9 Å². The summed E-state index contributed by atoms with van der Waals surface area (Å²) < 4.78 is 63.5. The normalized spacial score (nSPS) is 13.9. The van der Waals surface area contributed by atoms with Crippen molar-refractivity contribution in [1.29, 1.82) is 0 Å². The third-order valence-corrected chi connectivity index (χ3v) is 9.33. The van der Waals surface area contributed by atoms with Gasteiger partial charge in [-0.2, -0.15) is 21.9 Å². The molecule has 0 unspecified atom stereocenters. The zero-order chi connectivity index (χ0) is 34.2. The summed E-state index contributed by atoms with van der Waals surface area (Å²) in [6.07, 6.45) is -3.24. The zero-order valence-corrected chi connectivity index (χ0v) is 26.5. The molecule has 3 aromatic rings. The highest BCUT2D eigenvalue weighted by Crippen LogP contribution is 2.27. The molecule has 3 amide bonds. The number of benzene rings is 2. The summed E-state index contributed by atoms with van der Waals surface area (Å²) in [5, 5.41) is 17.0. The molecule has 0 spiro atoms. The van der Waals surface area contributed by atoms with Gasteiger partial charge in [-0.05, 0) is 60.8 Å². The van der Waals surface area contributed by atoms with Gasteiger partial charge in [-0.15, -0.1) is 0 Å². The van der Waals surface area contributed by atoms with Gasteiger partial charge in [-0.25, -0.2) is 13.2 Å². The van der Waals surface area contributed by atoms with Crippen molar-refractivity contribution in [2.45, 2.75) is 30.0 Å². The number of alkyl halides is 3. The van der Waals surface area contributed by atoms with Crippen molar-refractivity contribution >= 4 is 79.8 Å². The van der Waals surface area contributed by atoms with Crippen molar-refractivity contribution < 1.29 is 45.9 Å². The van der Waals surface area contributed by atoms with Crippen LogP contribution in [0.4, 0.5) is 24.5 Å². The lowest BCUT2D eigenvalue weighted by Gasteiger charge is -2.31. The minimum absolute atomic E-state index is 0.0324. The second-order valence-corrected chi connectivity index (χ2v) is 12.7. The Hall–Kier alpha value is -4.03. The van der Waals surface area contributed by atoms with Gasteiger partial charge < -0.3 is 21.1 Å². The van der Waals surface area contributed by atoms with E-state index in [1.807, 2.05) is 0 Å². The van der Waals surface area contributed by atoms with Crippen LogP contribution in [0, 0.1) is 0 Å². The number of amides is 3. The van der Waals surface area contributed by atoms with Crippen molar-refractivity contribution in [3.05, 3.63) is 81.8 Å². The van der Waals surface area contributed by atoms with Crippen LogP contribution in [0.15, 0.2) is 65.4 Å². The number of carbonyl (C=O) groups is 4. The molecule has 0 atom stereocenters. The summed E-state index contributed by atoms with van der Waals surface area (Å²) in [6, 6.07) is 10.4. The molecule has 0 saturated carbocycles. The number of aliphatic carboxylic acids is 1. The topological polar surface area (TPSA) is 175 Å². The Kier molecular flexibility index (Phi) is 12.3. The minimum atomic E-state index is -5.08. The molecule has 0 radical (unpaired) electrons. The predicted molar refractivity (Wildman–Crippen MR) is 165 cm³/mol. The van der Waals surface area contributed by atoms with Gasteiger partial charge in [0.1, 0.15) is 0 Å². The molecule has 1 aliphatic heterocycles. The van der Waals surface area contributed by atoms with E-state index >= 15 is 0 Å². The van der Waals surface area contributed by atoms with Crippen LogP contribution in [-0.2, 0) is 19.6 Å². The first-order valence-electron chi connectivity index (χ1n) is 12.9. The van der Waals surface area contributed by atoms with E-state index in [2.05, 4.69) is 26.9 Å². The van der Waals surface area contributed by atoms with Crippen LogP contribution in [-0.4, -0.2) is 71.2 Å². The maximum absolute atomic E-state index is 13.2. The number of piperidine rings is 1. The monoisotopic (exact) mass is 721 g/mol. The minimum Gasteiger partial charge on any atom is -0.475 e. The summed E-state index contributed by atoms with van der Waals surface area (Å²) in [5.41, 5.74) is 0.665. The van der Waals surface area contributed by atoms with E-state index in [0.29, 0.717) is 18.5 Å². The maximum Gasteiger partial charge on any atom is 0.490 e. The quantitative estimate of drug-likeness (QED) is 0.234. The fourth-order valence-corrected chi connectivity index (χ4v) is 6.66. The first-order valence-corrected chi connectivity index (χ1v) is 15.9. The van der Waals surface area contributed by atoms with Crippen LogP contribution in [0.2, 0.25) is 10.0 Å². The highest BCUT2D eigenvalue weighted by molar-refractivity contribution is 7.89. The highest BCUT2D eigenvalue weighted by atomic mass is 35.5. The molecule has 0 aliphatic carbocycles. The van der Waals surface area contributed by atoms with E-state index in [-0.39, 0.29) is 51.0 Å². The van der Waals surface area contributed by atoms with Crippen LogP contribution in [0.3, 0.4) is 0 Å². The van der Waals surface area contributed by atoms with E-state index in [9.17, 15) is 36.0 Å². The summed E-state index contributed by atoms with van der Waals surface area (Å²) in [7, 11) is -3.81. The Labute approximate surface area is 274 Å². The second kappa shape index (κ2) is 15.5. The number of carboxylic acids is 1. The number of hydrogen-bond acceptors (Lipinski definition) is 8. The molecular weight excluding hydrogens is 698 g/mol. The molecule has 0 bridgehead atoms. The van der Waals surface area contributed by atoms with Crippen molar-refractivity contribution in [3.63, 3.8) is 0 Å². The lowest BCUT2D eigenvalue weighted by atomic mass is 10.1. The average molecular weight is 723 g/mol. The predicted octanol–water partition coefficient (Wildman–Crippen LogP) is 5.04. The Balaban J connectivity index is 0.000000738. The van der Waals surface area contributed by atoms with Crippen LogP contribution in [0.1, 0.15) is 33.7 Å². The van der Waals surface area contributed by atoms with Crippen molar-refractivity contribution in [1.82, 2.24) is 14.0 Å². The number of hydrogen-bond donors (Lipinski definition) is 4. The lowest BCUT2D eigenvalue weighted by Crippen LogP contribution is -2.46. The van der Waals surface area contributed by atoms with Crippen LogP contribution in [0.5, 0.6) is 0 Å². The first kappa shape index (κ1) is 36.4. The van der Waals surface area contributed by atoms with Gasteiger partial charge in [0.25, 0.3) is 11.8 Å². The van der Waals surface area contributed by atoms with Gasteiger partial charge >= 0.3 is 12.1 Å². The fraction of sp³-hybridized carbons (Fsp3) is 0.222. The zero-order valence-electron chi connectivity index (χ0n) is 23.3. The molecule has 4 N–H and O–H groups in total. The molecular formula is C27H24Cl2F3N5O7S2. The summed E-state index contributed by atoms with van der Waals surface area (Å²) in [5.74, 6) is -4.28. The molecule has 1 saturated heterocycles. The molecule has 246 valence electrons. The molecule has 19 heteroatoms. The van der Waals surface area contributed by atoms with Crippen molar-refractivity contribution in [2.75, 3.05) is 23.7 Å². The second-order valence-electron chi connectivity index (χ2n) is 9.30. The fourth-order valence-electron chi connectivity index (χ4n) is 3.96. The maximum atomic E-state index is 13.2. The molecule has 4 rings (SSSR count). The van der Waals surface area contributed by atoms with Crippen molar-refractivity contribution in [2.24, 2.45) is 0 Å². The molecule has 2 heterocycles. The Morgan fingerprint density at radius 2 is 1.61 bits per heavy atom. The van der Waals surface area contributed by atoms with Gasteiger partial charge in [-0.1, -0.05) is 41.9 Å². The Bertz CT molecular complexity index is 1720. The number of rotatable bonds is 8. The summed E-state index contributed by atoms with van der Waals surface area (Å²) in [6.45, 7) is 3.75. The van der Waals surface area contributed by atoms with Crippen LogP contribution in [0.25, 0.3) is 0 Å².